The summed E-state index contributed by atoms with van der Waals surface area (Å²) in [5, 5.41) is 0. The molecule has 0 aromatic carbocycles. The minimum atomic E-state index is -0.155. The SMILES string of the molecule is C#CC(=O)N1CC[C@@H]1CC. The molecule has 0 N–H and O–H groups in total. The van der Waals surface area contributed by atoms with E-state index in [0.29, 0.717) is 6.04 Å². The van der Waals surface area contributed by atoms with Crippen LogP contribution in [0, 0.1) is 12.3 Å². The average Bonchev–Trinajstić information content (AvgIpc) is 1.86. The van der Waals surface area contributed by atoms with E-state index in [2.05, 4.69) is 12.8 Å². The second-order valence-electron chi connectivity index (χ2n) is 2.49. The van der Waals surface area contributed by atoms with Crippen LogP contribution in [0.4, 0.5) is 0 Å². The van der Waals surface area contributed by atoms with E-state index in [0.717, 1.165) is 19.4 Å². The fraction of sp³-hybridized carbons (Fsp3) is 0.625. The third kappa shape index (κ3) is 0.995. The lowest BCUT2D eigenvalue weighted by atomic mass is 10.0. The monoisotopic (exact) mass is 137 g/mol. The minimum absolute atomic E-state index is 0.155. The van der Waals surface area contributed by atoms with Crippen LogP contribution in [0.5, 0.6) is 0 Å². The first-order chi connectivity index (χ1) is 4.79. The van der Waals surface area contributed by atoms with Gasteiger partial charge in [0.05, 0.1) is 0 Å². The Hall–Kier alpha value is -0.970. The Morgan fingerprint density at radius 1 is 1.90 bits per heavy atom. The highest BCUT2D eigenvalue weighted by molar-refractivity contribution is 5.93. The molecule has 2 heteroatoms. The van der Waals surface area contributed by atoms with E-state index in [1.54, 1.807) is 4.90 Å². The maximum atomic E-state index is 10.9. The molecular formula is C8H11NO. The standard InChI is InChI=1S/C8H11NO/c1-3-7-5-6-9(7)8(10)4-2/h2,7H,3,5-6H2,1H3/t7-/m0/s1. The molecule has 0 spiro atoms. The second kappa shape index (κ2) is 2.74. The lowest BCUT2D eigenvalue weighted by molar-refractivity contribution is -0.132. The lowest BCUT2D eigenvalue weighted by Crippen LogP contribution is -2.50. The van der Waals surface area contributed by atoms with Gasteiger partial charge in [-0.1, -0.05) is 6.92 Å². The Labute approximate surface area is 61.2 Å². The van der Waals surface area contributed by atoms with Gasteiger partial charge in [-0.2, -0.15) is 0 Å². The smallest absolute Gasteiger partial charge is 0.298 e. The van der Waals surface area contributed by atoms with Crippen molar-refractivity contribution in [3.05, 3.63) is 0 Å². The molecular weight excluding hydrogens is 126 g/mol. The van der Waals surface area contributed by atoms with Crippen molar-refractivity contribution >= 4 is 5.91 Å². The molecule has 1 heterocycles. The van der Waals surface area contributed by atoms with Crippen LogP contribution < -0.4 is 0 Å². The molecule has 0 radical (unpaired) electrons. The molecule has 1 atom stereocenters. The van der Waals surface area contributed by atoms with E-state index in [9.17, 15) is 4.79 Å². The summed E-state index contributed by atoms with van der Waals surface area (Å²) >= 11 is 0. The van der Waals surface area contributed by atoms with Crippen molar-refractivity contribution in [2.24, 2.45) is 0 Å². The minimum Gasteiger partial charge on any atom is -0.329 e. The molecule has 0 unspecified atom stereocenters. The first kappa shape index (κ1) is 7.14. The van der Waals surface area contributed by atoms with Crippen molar-refractivity contribution in [3.63, 3.8) is 0 Å². The van der Waals surface area contributed by atoms with E-state index in [-0.39, 0.29) is 5.91 Å². The fourth-order valence-electron chi connectivity index (χ4n) is 1.22. The summed E-state index contributed by atoms with van der Waals surface area (Å²) in [6.07, 6.45) is 7.09. The largest absolute Gasteiger partial charge is 0.329 e. The first-order valence-corrected chi connectivity index (χ1v) is 3.56. The van der Waals surface area contributed by atoms with Gasteiger partial charge in [0.2, 0.25) is 0 Å². The predicted molar refractivity (Wildman–Crippen MR) is 39.2 cm³/mol. The van der Waals surface area contributed by atoms with Gasteiger partial charge in [-0.3, -0.25) is 4.79 Å². The van der Waals surface area contributed by atoms with Crippen molar-refractivity contribution in [2.45, 2.75) is 25.8 Å². The van der Waals surface area contributed by atoms with Gasteiger partial charge < -0.3 is 4.90 Å². The van der Waals surface area contributed by atoms with E-state index in [1.807, 2.05) is 0 Å². The molecule has 1 fully saturated rings. The molecule has 1 amide bonds. The number of carbonyl (C=O) groups is 1. The Morgan fingerprint density at radius 2 is 2.60 bits per heavy atom. The maximum absolute atomic E-state index is 10.9. The molecule has 0 aromatic rings. The highest BCUT2D eigenvalue weighted by Gasteiger charge is 2.29. The van der Waals surface area contributed by atoms with Crippen LogP contribution in [0.25, 0.3) is 0 Å². The van der Waals surface area contributed by atoms with Crippen LogP contribution in [0.15, 0.2) is 0 Å². The zero-order chi connectivity index (χ0) is 7.56. The van der Waals surface area contributed by atoms with Crippen LogP contribution in [-0.2, 0) is 4.79 Å². The zero-order valence-corrected chi connectivity index (χ0v) is 6.13. The quantitative estimate of drug-likeness (QED) is 0.485. The molecule has 1 saturated heterocycles. The zero-order valence-electron chi connectivity index (χ0n) is 6.13. The van der Waals surface area contributed by atoms with Crippen LogP contribution in [0.1, 0.15) is 19.8 Å². The van der Waals surface area contributed by atoms with Gasteiger partial charge in [0, 0.05) is 12.6 Å². The maximum Gasteiger partial charge on any atom is 0.298 e. The van der Waals surface area contributed by atoms with Gasteiger partial charge >= 0.3 is 0 Å². The molecule has 54 valence electrons. The van der Waals surface area contributed by atoms with Crippen LogP contribution in [0.2, 0.25) is 0 Å². The molecule has 0 aliphatic carbocycles. The summed E-state index contributed by atoms with van der Waals surface area (Å²) < 4.78 is 0. The molecule has 0 saturated carbocycles. The van der Waals surface area contributed by atoms with Gasteiger partial charge in [0.25, 0.3) is 5.91 Å². The highest BCUT2D eigenvalue weighted by atomic mass is 16.2. The number of hydrogen-bond donors (Lipinski definition) is 0. The normalized spacial score (nSPS) is 23.2. The molecule has 1 aliphatic rings. The van der Waals surface area contributed by atoms with Crippen molar-refractivity contribution in [1.82, 2.24) is 4.90 Å². The summed E-state index contributed by atoms with van der Waals surface area (Å²) in [6, 6.07) is 0.420. The topological polar surface area (TPSA) is 20.3 Å². The molecule has 1 rings (SSSR count). The lowest BCUT2D eigenvalue weighted by Gasteiger charge is -2.39. The average molecular weight is 137 g/mol. The predicted octanol–water partition coefficient (Wildman–Crippen LogP) is 0.631. The van der Waals surface area contributed by atoms with Gasteiger partial charge in [-0.25, -0.2) is 0 Å². The van der Waals surface area contributed by atoms with Crippen molar-refractivity contribution in [3.8, 4) is 12.3 Å². The van der Waals surface area contributed by atoms with Crippen LogP contribution >= 0.6 is 0 Å². The number of rotatable bonds is 1. The summed E-state index contributed by atoms with van der Waals surface area (Å²) in [7, 11) is 0. The summed E-state index contributed by atoms with van der Waals surface area (Å²) in [5.41, 5.74) is 0. The molecule has 2 nitrogen and oxygen atoms in total. The molecule has 10 heavy (non-hydrogen) atoms. The number of hydrogen-bond acceptors (Lipinski definition) is 1. The van der Waals surface area contributed by atoms with Crippen molar-refractivity contribution in [1.29, 1.82) is 0 Å². The van der Waals surface area contributed by atoms with E-state index >= 15 is 0 Å². The highest BCUT2D eigenvalue weighted by Crippen LogP contribution is 2.19. The van der Waals surface area contributed by atoms with E-state index in [4.69, 9.17) is 6.42 Å². The number of terminal acetylenes is 1. The Balaban J connectivity index is 2.44. The van der Waals surface area contributed by atoms with Crippen molar-refractivity contribution in [2.75, 3.05) is 6.54 Å². The number of nitrogens with zero attached hydrogens (tertiary/aromatic N) is 1. The summed E-state index contributed by atoms with van der Waals surface area (Å²) in [4.78, 5) is 12.6. The number of likely N-dealkylation sites (tertiary alicyclic amines) is 1. The van der Waals surface area contributed by atoms with E-state index in [1.165, 1.54) is 0 Å². The van der Waals surface area contributed by atoms with Gasteiger partial charge in [-0.05, 0) is 18.8 Å². The Bertz CT molecular complexity index is 178. The third-order valence-corrected chi connectivity index (χ3v) is 2.00. The van der Waals surface area contributed by atoms with Crippen LogP contribution in [-0.4, -0.2) is 23.4 Å². The molecule has 0 aromatic heterocycles. The number of carbonyl (C=O) groups excluding carboxylic acids is 1. The van der Waals surface area contributed by atoms with Crippen LogP contribution in [0.3, 0.4) is 0 Å². The summed E-state index contributed by atoms with van der Waals surface area (Å²) in [5.74, 6) is 1.96. The second-order valence-corrected chi connectivity index (χ2v) is 2.49. The Morgan fingerprint density at radius 3 is 2.90 bits per heavy atom. The van der Waals surface area contributed by atoms with E-state index < -0.39 is 0 Å². The van der Waals surface area contributed by atoms with Gasteiger partial charge in [-0.15, -0.1) is 6.42 Å². The van der Waals surface area contributed by atoms with Gasteiger partial charge in [0.15, 0.2) is 0 Å². The summed E-state index contributed by atoms with van der Waals surface area (Å²) in [6.45, 7) is 2.92. The molecule has 1 aliphatic heterocycles. The fourth-order valence-corrected chi connectivity index (χ4v) is 1.22. The Kier molecular flexibility index (Phi) is 1.96. The van der Waals surface area contributed by atoms with Crippen molar-refractivity contribution < 1.29 is 4.79 Å². The first-order valence-electron chi connectivity index (χ1n) is 3.56. The van der Waals surface area contributed by atoms with Gasteiger partial charge in [0.1, 0.15) is 0 Å². The molecule has 0 bridgehead atoms. The number of amides is 1. The third-order valence-electron chi connectivity index (χ3n) is 2.00.